The number of carbonyl (C=O) groups excluding carboxylic acids is 4. The van der Waals surface area contributed by atoms with Crippen LogP contribution in [-0.2, 0) is 30.5 Å². The van der Waals surface area contributed by atoms with Crippen LogP contribution in [0.15, 0.2) is 35.3 Å². The first-order chi connectivity index (χ1) is 19.9. The van der Waals surface area contributed by atoms with E-state index in [1.54, 1.807) is 12.1 Å². The number of carbonyl (C=O) groups is 5. The quantitative estimate of drug-likeness (QED) is 0.0948. The van der Waals surface area contributed by atoms with Gasteiger partial charge in [0.05, 0.1) is 0 Å². The molecular formula is C28H43N7O7. The average Bonchev–Trinajstić information content (AvgIpc) is 3.43. The number of nitrogens with one attached hydrogen (secondary N) is 3. The molecule has 0 saturated carbocycles. The predicted molar refractivity (Wildman–Crippen MR) is 155 cm³/mol. The fraction of sp³-hybridized carbons (Fsp3) is 0.571. The summed E-state index contributed by atoms with van der Waals surface area (Å²) in [6, 6.07) is 5.08. The van der Waals surface area contributed by atoms with Crippen molar-refractivity contribution in [2.75, 3.05) is 13.1 Å². The van der Waals surface area contributed by atoms with Crippen molar-refractivity contribution in [3.63, 3.8) is 0 Å². The number of hydrogen-bond acceptors (Lipinski definition) is 7. The molecule has 0 radical (unpaired) electrons. The molecule has 1 aromatic rings. The average molecular weight is 590 g/mol. The number of likely N-dealkylation sites (tertiary alicyclic amines) is 1. The summed E-state index contributed by atoms with van der Waals surface area (Å²) in [7, 11) is 0. The number of aliphatic carboxylic acids is 1. The predicted octanol–water partition coefficient (Wildman–Crippen LogP) is 0.446. The van der Waals surface area contributed by atoms with Crippen molar-refractivity contribution in [3.8, 4) is 0 Å². The Morgan fingerprint density at radius 3 is 2.36 bits per heavy atom. The van der Waals surface area contributed by atoms with Crippen molar-refractivity contribution in [2.45, 2.75) is 83.6 Å². The van der Waals surface area contributed by atoms with Gasteiger partial charge in [-0.15, -0.1) is 0 Å². The second-order valence-electron chi connectivity index (χ2n) is 10.7. The second kappa shape index (κ2) is 16.8. The largest absolute Gasteiger partial charge is 0.480 e. The Balaban J connectivity index is 1.99. The first-order valence-electron chi connectivity index (χ1n) is 14.1. The molecule has 1 heterocycles. The minimum absolute atomic E-state index is 0.00127. The lowest BCUT2D eigenvalue weighted by molar-refractivity contribution is -0.143. The van der Waals surface area contributed by atoms with Crippen LogP contribution in [0.1, 0.15) is 58.4 Å². The van der Waals surface area contributed by atoms with E-state index in [1.807, 2.05) is 32.0 Å². The van der Waals surface area contributed by atoms with E-state index in [9.17, 15) is 29.1 Å². The van der Waals surface area contributed by atoms with Crippen molar-refractivity contribution in [1.29, 1.82) is 0 Å². The van der Waals surface area contributed by atoms with Crippen LogP contribution in [0, 0.1) is 5.92 Å². The highest BCUT2D eigenvalue weighted by atomic mass is 16.5. The number of nitrogens with two attached hydrogens (primary N) is 2. The summed E-state index contributed by atoms with van der Waals surface area (Å²) in [5, 5.41) is 17.3. The summed E-state index contributed by atoms with van der Waals surface area (Å²) >= 11 is 0. The normalized spacial score (nSPS) is 16.6. The molecule has 0 aromatic heterocycles. The summed E-state index contributed by atoms with van der Waals surface area (Å²) in [4.78, 5) is 68.7. The third-order valence-electron chi connectivity index (χ3n) is 6.66. The van der Waals surface area contributed by atoms with Crippen molar-refractivity contribution in [2.24, 2.45) is 22.4 Å². The molecule has 4 unspecified atom stereocenters. The number of rotatable bonds is 15. The molecule has 42 heavy (non-hydrogen) atoms. The number of aliphatic imine (C=N–C) groups is 1. The number of benzene rings is 1. The van der Waals surface area contributed by atoms with Gasteiger partial charge in [-0.1, -0.05) is 44.2 Å². The molecule has 1 aliphatic rings. The maximum atomic E-state index is 13.3. The van der Waals surface area contributed by atoms with Crippen molar-refractivity contribution < 1.29 is 33.8 Å². The SMILES string of the molecule is CC(C)CC(NC(=O)C1CCCN1C(=O)C(C)NC(=O)OCc1ccccc1)C(=O)NC(CCCN=C(N)N)C(=O)O. The number of hydrogen-bond donors (Lipinski definition) is 6. The molecule has 1 aromatic carbocycles. The molecule has 14 nitrogen and oxygen atoms in total. The van der Waals surface area contributed by atoms with E-state index in [1.165, 1.54) is 11.8 Å². The fourth-order valence-electron chi connectivity index (χ4n) is 4.56. The Morgan fingerprint density at radius 1 is 1.05 bits per heavy atom. The molecule has 4 amide bonds. The van der Waals surface area contributed by atoms with Crippen LogP contribution in [0.5, 0.6) is 0 Å². The number of carboxylic acids is 1. The first-order valence-corrected chi connectivity index (χ1v) is 14.1. The zero-order valence-corrected chi connectivity index (χ0v) is 24.4. The molecule has 232 valence electrons. The van der Waals surface area contributed by atoms with Crippen LogP contribution < -0.4 is 27.4 Å². The summed E-state index contributed by atoms with van der Waals surface area (Å²) in [5.74, 6) is -2.96. The van der Waals surface area contributed by atoms with Gasteiger partial charge in [-0.25, -0.2) is 9.59 Å². The van der Waals surface area contributed by atoms with E-state index in [0.29, 0.717) is 25.8 Å². The van der Waals surface area contributed by atoms with Gasteiger partial charge in [0.1, 0.15) is 30.8 Å². The molecule has 8 N–H and O–H groups in total. The Kier molecular flexibility index (Phi) is 13.5. The standard InChI is InChI=1S/C28H43N7O7/c1-17(2)15-21(23(36)33-20(26(39)40)11-7-13-31-27(29)30)34-24(37)22-12-8-14-35(22)25(38)18(3)32-28(41)42-16-19-9-5-4-6-10-19/h4-6,9-10,17-18,20-22H,7-8,11-16H2,1-3H3,(H,32,41)(H,33,36)(H,34,37)(H,39,40)(H4,29,30,31). The van der Waals surface area contributed by atoms with E-state index in [2.05, 4.69) is 20.9 Å². The zero-order chi connectivity index (χ0) is 31.2. The zero-order valence-electron chi connectivity index (χ0n) is 24.4. The number of amides is 4. The highest BCUT2D eigenvalue weighted by Gasteiger charge is 2.38. The van der Waals surface area contributed by atoms with Gasteiger partial charge in [0.2, 0.25) is 17.7 Å². The van der Waals surface area contributed by atoms with Gasteiger partial charge < -0.3 is 42.2 Å². The van der Waals surface area contributed by atoms with Gasteiger partial charge in [0.15, 0.2) is 5.96 Å². The van der Waals surface area contributed by atoms with E-state index in [0.717, 1.165) is 5.56 Å². The maximum absolute atomic E-state index is 13.3. The van der Waals surface area contributed by atoms with Gasteiger partial charge in [-0.3, -0.25) is 19.4 Å². The molecule has 1 fully saturated rings. The molecule has 1 aliphatic heterocycles. The molecular weight excluding hydrogens is 546 g/mol. The van der Waals surface area contributed by atoms with Gasteiger partial charge >= 0.3 is 12.1 Å². The van der Waals surface area contributed by atoms with Crippen LogP contribution in [0.2, 0.25) is 0 Å². The topological polar surface area (TPSA) is 219 Å². The van der Waals surface area contributed by atoms with E-state index in [-0.39, 0.29) is 37.9 Å². The smallest absolute Gasteiger partial charge is 0.408 e. The first kappa shape index (κ1) is 33.8. The number of nitrogens with zero attached hydrogens (tertiary/aromatic N) is 2. The molecule has 1 saturated heterocycles. The summed E-state index contributed by atoms with van der Waals surface area (Å²) < 4.78 is 5.19. The molecule has 14 heteroatoms. The van der Waals surface area contributed by atoms with Crippen LogP contribution in [0.4, 0.5) is 4.79 Å². The Bertz CT molecular complexity index is 1110. The van der Waals surface area contributed by atoms with Crippen LogP contribution in [0.25, 0.3) is 0 Å². The highest BCUT2D eigenvalue weighted by molar-refractivity contribution is 5.95. The molecule has 0 spiro atoms. The highest BCUT2D eigenvalue weighted by Crippen LogP contribution is 2.19. The molecule has 4 atom stereocenters. The summed E-state index contributed by atoms with van der Waals surface area (Å²) in [6.45, 7) is 5.80. The monoisotopic (exact) mass is 589 g/mol. The number of guanidine groups is 1. The summed E-state index contributed by atoms with van der Waals surface area (Å²) in [6.07, 6.45) is 0.836. The van der Waals surface area contributed by atoms with E-state index < -0.39 is 54.0 Å². The van der Waals surface area contributed by atoms with Crippen molar-refractivity contribution in [3.05, 3.63) is 35.9 Å². The van der Waals surface area contributed by atoms with E-state index in [4.69, 9.17) is 16.2 Å². The van der Waals surface area contributed by atoms with Gasteiger partial charge in [-0.05, 0) is 50.5 Å². The number of alkyl carbamates (subject to hydrolysis) is 1. The Labute approximate surface area is 245 Å². The Hall–Kier alpha value is -4.36. The fourth-order valence-corrected chi connectivity index (χ4v) is 4.56. The Morgan fingerprint density at radius 2 is 1.74 bits per heavy atom. The minimum atomic E-state index is -1.22. The number of carboxylic acid groups (broad SMARTS) is 1. The van der Waals surface area contributed by atoms with Crippen molar-refractivity contribution in [1.82, 2.24) is 20.9 Å². The lowest BCUT2D eigenvalue weighted by Crippen LogP contribution is -2.57. The molecule has 0 aliphatic carbocycles. The minimum Gasteiger partial charge on any atom is -0.480 e. The third-order valence-corrected chi connectivity index (χ3v) is 6.66. The second-order valence-corrected chi connectivity index (χ2v) is 10.7. The van der Waals surface area contributed by atoms with Crippen LogP contribution in [-0.4, -0.2) is 83.0 Å². The molecule has 0 bridgehead atoms. The van der Waals surface area contributed by atoms with Gasteiger partial charge in [0.25, 0.3) is 0 Å². The lowest BCUT2D eigenvalue weighted by atomic mass is 10.0. The third kappa shape index (κ3) is 11.3. The van der Waals surface area contributed by atoms with Crippen LogP contribution in [0.3, 0.4) is 0 Å². The van der Waals surface area contributed by atoms with Gasteiger partial charge in [0, 0.05) is 13.1 Å². The maximum Gasteiger partial charge on any atom is 0.408 e. The van der Waals surface area contributed by atoms with Crippen molar-refractivity contribution >= 4 is 35.7 Å². The number of ether oxygens (including phenoxy) is 1. The lowest BCUT2D eigenvalue weighted by Gasteiger charge is -2.29. The van der Waals surface area contributed by atoms with Crippen LogP contribution >= 0.6 is 0 Å². The summed E-state index contributed by atoms with van der Waals surface area (Å²) in [5.41, 5.74) is 11.4. The van der Waals surface area contributed by atoms with E-state index >= 15 is 0 Å². The molecule has 2 rings (SSSR count). The van der Waals surface area contributed by atoms with Gasteiger partial charge in [-0.2, -0.15) is 0 Å².